The average molecular weight is 392 g/mol. The number of thioether (sulfide) groups is 1. The number of fused-ring (bicyclic) bond motifs is 1. The monoisotopic (exact) mass is 392 g/mol. The molecule has 1 aliphatic heterocycles. The van der Waals surface area contributed by atoms with E-state index < -0.39 is 23.6 Å². The summed E-state index contributed by atoms with van der Waals surface area (Å²) >= 11 is 0.957. The van der Waals surface area contributed by atoms with Crippen molar-refractivity contribution >= 4 is 29.3 Å². The van der Waals surface area contributed by atoms with E-state index in [1.807, 2.05) is 37.3 Å². The van der Waals surface area contributed by atoms with Gasteiger partial charge in [-0.2, -0.15) is 13.2 Å². The Hall–Kier alpha value is -2.74. The molecule has 140 valence electrons. The van der Waals surface area contributed by atoms with Crippen molar-refractivity contribution in [2.45, 2.75) is 24.0 Å². The minimum absolute atomic E-state index is 0.0787. The van der Waals surface area contributed by atoms with E-state index in [9.17, 15) is 22.8 Å². The van der Waals surface area contributed by atoms with Gasteiger partial charge >= 0.3 is 6.18 Å². The van der Waals surface area contributed by atoms with Crippen molar-refractivity contribution in [2.24, 2.45) is 0 Å². The molecule has 1 heterocycles. The molecule has 1 aliphatic rings. The van der Waals surface area contributed by atoms with Gasteiger partial charge in [-0.15, -0.1) is 0 Å². The first-order valence-corrected chi connectivity index (χ1v) is 8.83. The molecule has 2 N–H and O–H groups in total. The molecular weight excluding hydrogens is 377 g/mol. The molecule has 4 nitrogen and oxygen atoms in total. The van der Waals surface area contributed by atoms with Crippen molar-refractivity contribution in [2.75, 3.05) is 5.32 Å². The van der Waals surface area contributed by atoms with Crippen molar-refractivity contribution < 1.29 is 22.8 Å². The van der Waals surface area contributed by atoms with Gasteiger partial charge in [-0.25, -0.2) is 0 Å². The highest BCUT2D eigenvalue weighted by Gasteiger charge is 2.32. The Morgan fingerprint density at radius 3 is 2.56 bits per heavy atom. The molecule has 0 unspecified atom stereocenters. The van der Waals surface area contributed by atoms with Gasteiger partial charge in [0.1, 0.15) is 0 Å². The summed E-state index contributed by atoms with van der Waals surface area (Å²) in [6.45, 7) is 1.81. The molecule has 0 radical (unpaired) electrons. The van der Waals surface area contributed by atoms with Gasteiger partial charge in [0.25, 0.3) is 5.91 Å². The third-order valence-electron chi connectivity index (χ3n) is 3.92. The standard InChI is InChI=1S/C19H15F3N2O2S/c1-11(12-5-3-2-4-6-12)23-17(25)10-16-18(26)24-14-9-13(19(20,21)22)7-8-15(14)27-16/h2-11H,1H3,(H,23,25)(H,24,26)/b16-10+/t11-/m0/s1. The molecule has 0 bridgehead atoms. The number of halogens is 3. The highest BCUT2D eigenvalue weighted by Crippen LogP contribution is 2.41. The van der Waals surface area contributed by atoms with Gasteiger partial charge in [0.15, 0.2) is 0 Å². The number of nitrogens with one attached hydrogen (secondary N) is 2. The van der Waals surface area contributed by atoms with Crippen LogP contribution < -0.4 is 10.6 Å². The Kier molecular flexibility index (Phi) is 5.27. The third-order valence-corrected chi connectivity index (χ3v) is 5.02. The molecule has 2 amide bonds. The molecule has 3 rings (SSSR count). The van der Waals surface area contributed by atoms with Gasteiger partial charge in [0.2, 0.25) is 5.91 Å². The molecule has 27 heavy (non-hydrogen) atoms. The topological polar surface area (TPSA) is 58.2 Å². The Labute approximate surface area is 157 Å². The molecule has 0 spiro atoms. The first-order chi connectivity index (χ1) is 12.7. The van der Waals surface area contributed by atoms with E-state index >= 15 is 0 Å². The number of carbonyl (C=O) groups excluding carboxylic acids is 2. The Balaban J connectivity index is 1.74. The second-order valence-electron chi connectivity index (χ2n) is 5.91. The number of hydrogen-bond donors (Lipinski definition) is 2. The number of alkyl halides is 3. The van der Waals surface area contributed by atoms with Crippen molar-refractivity contribution in [3.05, 3.63) is 70.6 Å². The van der Waals surface area contributed by atoms with Crippen molar-refractivity contribution in [1.29, 1.82) is 0 Å². The molecule has 2 aromatic rings. The van der Waals surface area contributed by atoms with E-state index in [4.69, 9.17) is 0 Å². The van der Waals surface area contributed by atoms with Gasteiger partial charge in [0, 0.05) is 11.0 Å². The predicted octanol–water partition coefficient (Wildman–Crippen LogP) is 4.51. The van der Waals surface area contributed by atoms with Crippen LogP contribution >= 0.6 is 11.8 Å². The molecule has 0 saturated carbocycles. The van der Waals surface area contributed by atoms with Crippen LogP contribution in [0.3, 0.4) is 0 Å². The van der Waals surface area contributed by atoms with Crippen LogP contribution in [-0.2, 0) is 15.8 Å². The maximum absolute atomic E-state index is 12.8. The third kappa shape index (κ3) is 4.51. The van der Waals surface area contributed by atoms with Crippen LogP contribution in [-0.4, -0.2) is 11.8 Å². The van der Waals surface area contributed by atoms with Gasteiger partial charge < -0.3 is 10.6 Å². The molecule has 8 heteroatoms. The Morgan fingerprint density at radius 2 is 1.89 bits per heavy atom. The van der Waals surface area contributed by atoms with E-state index in [-0.39, 0.29) is 16.6 Å². The van der Waals surface area contributed by atoms with Crippen LogP contribution in [0.1, 0.15) is 24.1 Å². The van der Waals surface area contributed by atoms with Crippen LogP contribution in [0, 0.1) is 0 Å². The van der Waals surface area contributed by atoms with Gasteiger partial charge in [-0.05, 0) is 30.7 Å². The highest BCUT2D eigenvalue weighted by atomic mass is 32.2. The summed E-state index contributed by atoms with van der Waals surface area (Å²) in [6, 6.07) is 12.2. The fraction of sp³-hybridized carbons (Fsp3) is 0.158. The number of benzene rings is 2. The van der Waals surface area contributed by atoms with Crippen molar-refractivity contribution in [1.82, 2.24) is 5.32 Å². The van der Waals surface area contributed by atoms with Crippen LogP contribution in [0.2, 0.25) is 0 Å². The Morgan fingerprint density at radius 1 is 1.19 bits per heavy atom. The summed E-state index contributed by atoms with van der Waals surface area (Å²) in [5, 5.41) is 5.16. The normalized spacial score (nSPS) is 16.4. The lowest BCUT2D eigenvalue weighted by atomic mass is 10.1. The Bertz CT molecular complexity index is 911. The quantitative estimate of drug-likeness (QED) is 0.756. The predicted molar refractivity (Wildman–Crippen MR) is 97.0 cm³/mol. The number of amides is 2. The first kappa shape index (κ1) is 19.0. The lowest BCUT2D eigenvalue weighted by Crippen LogP contribution is -2.26. The zero-order chi connectivity index (χ0) is 19.6. The largest absolute Gasteiger partial charge is 0.416 e. The zero-order valence-electron chi connectivity index (χ0n) is 14.1. The van der Waals surface area contributed by atoms with E-state index in [0.717, 1.165) is 35.5 Å². The zero-order valence-corrected chi connectivity index (χ0v) is 14.9. The first-order valence-electron chi connectivity index (χ1n) is 8.01. The van der Waals surface area contributed by atoms with Crippen LogP contribution in [0.25, 0.3) is 0 Å². The number of carbonyl (C=O) groups is 2. The summed E-state index contributed by atoms with van der Waals surface area (Å²) in [5.74, 6) is -1.08. The average Bonchev–Trinajstić information content (AvgIpc) is 2.61. The molecule has 0 fully saturated rings. The van der Waals surface area contributed by atoms with Crippen LogP contribution in [0.15, 0.2) is 64.4 Å². The van der Waals surface area contributed by atoms with Crippen LogP contribution in [0.4, 0.5) is 18.9 Å². The SMILES string of the molecule is C[C@H](NC(=O)/C=C1/Sc2ccc(C(F)(F)F)cc2NC1=O)c1ccccc1. The number of hydrogen-bond acceptors (Lipinski definition) is 3. The van der Waals surface area contributed by atoms with Gasteiger partial charge in [-0.3, -0.25) is 9.59 Å². The fourth-order valence-electron chi connectivity index (χ4n) is 2.54. The number of anilines is 1. The number of rotatable bonds is 3. The minimum Gasteiger partial charge on any atom is -0.346 e. The highest BCUT2D eigenvalue weighted by molar-refractivity contribution is 8.04. The summed E-state index contributed by atoms with van der Waals surface area (Å²) < 4.78 is 38.3. The summed E-state index contributed by atoms with van der Waals surface area (Å²) in [5.41, 5.74) is 0.147. The maximum atomic E-state index is 12.8. The molecule has 1 atom stereocenters. The second kappa shape index (κ2) is 7.48. The second-order valence-corrected chi connectivity index (χ2v) is 7.00. The molecule has 0 aliphatic carbocycles. The van der Waals surface area contributed by atoms with E-state index in [0.29, 0.717) is 4.90 Å². The van der Waals surface area contributed by atoms with Crippen LogP contribution in [0.5, 0.6) is 0 Å². The maximum Gasteiger partial charge on any atom is 0.416 e. The summed E-state index contributed by atoms with van der Waals surface area (Å²) in [4.78, 5) is 24.9. The summed E-state index contributed by atoms with van der Waals surface area (Å²) in [7, 11) is 0. The minimum atomic E-state index is -4.49. The molecule has 0 saturated heterocycles. The van der Waals surface area contributed by atoms with E-state index in [1.54, 1.807) is 0 Å². The van der Waals surface area contributed by atoms with E-state index in [2.05, 4.69) is 10.6 Å². The molecule has 2 aromatic carbocycles. The fourth-order valence-corrected chi connectivity index (χ4v) is 3.44. The molecule has 0 aromatic heterocycles. The van der Waals surface area contributed by atoms with Gasteiger partial charge in [-0.1, -0.05) is 42.1 Å². The smallest absolute Gasteiger partial charge is 0.346 e. The van der Waals surface area contributed by atoms with Gasteiger partial charge in [0.05, 0.1) is 22.2 Å². The van der Waals surface area contributed by atoms with E-state index in [1.165, 1.54) is 6.07 Å². The molecular formula is C19H15F3N2O2S. The lowest BCUT2D eigenvalue weighted by Gasteiger charge is -2.20. The van der Waals surface area contributed by atoms with Crippen molar-refractivity contribution in [3.8, 4) is 0 Å². The van der Waals surface area contributed by atoms with Crippen molar-refractivity contribution in [3.63, 3.8) is 0 Å². The summed E-state index contributed by atoms with van der Waals surface area (Å²) in [6.07, 6.45) is -3.34. The lowest BCUT2D eigenvalue weighted by molar-refractivity contribution is -0.137.